The number of ether oxygens (including phenoxy) is 2. The number of methoxy groups -OCH3 is 1. The average molecular weight is 444 g/mol. The number of hydrogen-bond acceptors (Lipinski definition) is 5. The van der Waals surface area contributed by atoms with Gasteiger partial charge in [-0.3, -0.25) is 5.43 Å². The first-order valence-corrected chi connectivity index (χ1v) is 8.38. The van der Waals surface area contributed by atoms with Crippen LogP contribution >= 0.6 is 31.9 Å². The molecule has 0 saturated heterocycles. The molecule has 7 heteroatoms. The van der Waals surface area contributed by atoms with Gasteiger partial charge in [-0.25, -0.2) is 0 Å². The Bertz CT molecular complexity index is 676. The second kappa shape index (κ2) is 8.90. The van der Waals surface area contributed by atoms with Crippen LogP contribution < -0.4 is 14.9 Å². The fourth-order valence-electron chi connectivity index (χ4n) is 1.78. The molecule has 0 heterocycles. The van der Waals surface area contributed by atoms with Gasteiger partial charge in [0.15, 0.2) is 11.5 Å². The van der Waals surface area contributed by atoms with Crippen LogP contribution in [0.2, 0.25) is 0 Å². The average Bonchev–Trinajstić information content (AvgIpc) is 2.56. The molecule has 2 rings (SSSR count). The second-order valence-electron chi connectivity index (χ2n) is 4.47. The van der Waals surface area contributed by atoms with E-state index in [1.807, 2.05) is 30.3 Å². The van der Waals surface area contributed by atoms with Crippen LogP contribution in [-0.4, -0.2) is 31.6 Å². The number of nitrogens with zero attached hydrogens (tertiary/aromatic N) is 1. The van der Waals surface area contributed by atoms with Gasteiger partial charge >= 0.3 is 0 Å². The van der Waals surface area contributed by atoms with E-state index in [0.29, 0.717) is 11.5 Å². The first-order valence-electron chi connectivity index (χ1n) is 6.80. The number of aliphatic hydroxyl groups is 1. The zero-order valence-corrected chi connectivity index (χ0v) is 15.6. The van der Waals surface area contributed by atoms with Gasteiger partial charge in [-0.15, -0.1) is 0 Å². The van der Waals surface area contributed by atoms with Gasteiger partial charge in [0.2, 0.25) is 0 Å². The van der Waals surface area contributed by atoms with Gasteiger partial charge in [0, 0.05) is 14.5 Å². The van der Waals surface area contributed by atoms with E-state index in [0.717, 1.165) is 20.2 Å². The molecule has 0 aliphatic rings. The Morgan fingerprint density at radius 2 is 1.91 bits per heavy atom. The summed E-state index contributed by atoms with van der Waals surface area (Å²) in [5.41, 5.74) is 4.68. The normalized spacial score (nSPS) is 10.8. The SMILES string of the molecule is COc1cc(/C=N/Nc2ccc(Br)cc2)c(Br)cc1OCCO. The van der Waals surface area contributed by atoms with Crippen molar-refractivity contribution in [2.75, 3.05) is 25.7 Å². The van der Waals surface area contributed by atoms with Crippen molar-refractivity contribution in [3.63, 3.8) is 0 Å². The molecule has 0 atom stereocenters. The highest BCUT2D eigenvalue weighted by Gasteiger charge is 2.09. The topological polar surface area (TPSA) is 63.1 Å². The summed E-state index contributed by atoms with van der Waals surface area (Å²) in [6.07, 6.45) is 1.68. The molecule has 0 aliphatic carbocycles. The molecular formula is C16H16Br2N2O3. The first-order chi connectivity index (χ1) is 11.1. The predicted octanol–water partition coefficient (Wildman–Crippen LogP) is 4.04. The van der Waals surface area contributed by atoms with Gasteiger partial charge in [-0.05, 0) is 52.3 Å². The number of halogens is 2. The van der Waals surface area contributed by atoms with E-state index in [9.17, 15) is 0 Å². The third-order valence-electron chi connectivity index (χ3n) is 2.87. The lowest BCUT2D eigenvalue weighted by atomic mass is 10.2. The third-order valence-corrected chi connectivity index (χ3v) is 4.09. The van der Waals surface area contributed by atoms with Crippen LogP contribution in [0.5, 0.6) is 11.5 Å². The second-order valence-corrected chi connectivity index (χ2v) is 6.24. The van der Waals surface area contributed by atoms with Crippen molar-refractivity contribution in [2.45, 2.75) is 0 Å². The quantitative estimate of drug-likeness (QED) is 0.500. The number of benzene rings is 2. The Morgan fingerprint density at radius 3 is 2.57 bits per heavy atom. The van der Waals surface area contributed by atoms with Crippen molar-refractivity contribution in [1.82, 2.24) is 0 Å². The van der Waals surface area contributed by atoms with Crippen LogP contribution in [0, 0.1) is 0 Å². The van der Waals surface area contributed by atoms with Gasteiger partial charge in [0.05, 0.1) is 25.6 Å². The summed E-state index contributed by atoms with van der Waals surface area (Å²) in [6, 6.07) is 11.3. The van der Waals surface area contributed by atoms with Crippen LogP contribution in [0.25, 0.3) is 0 Å². The summed E-state index contributed by atoms with van der Waals surface area (Å²) < 4.78 is 12.6. The summed E-state index contributed by atoms with van der Waals surface area (Å²) in [5, 5.41) is 13.1. The highest BCUT2D eigenvalue weighted by Crippen LogP contribution is 2.32. The van der Waals surface area contributed by atoms with Gasteiger partial charge in [-0.1, -0.05) is 15.9 Å². The maximum atomic E-state index is 8.85. The molecule has 5 nitrogen and oxygen atoms in total. The lowest BCUT2D eigenvalue weighted by Crippen LogP contribution is -2.03. The minimum atomic E-state index is -0.0545. The van der Waals surface area contributed by atoms with Crippen molar-refractivity contribution < 1.29 is 14.6 Å². The molecule has 2 aromatic rings. The monoisotopic (exact) mass is 442 g/mol. The van der Waals surface area contributed by atoms with Crippen molar-refractivity contribution >= 4 is 43.8 Å². The molecule has 0 aliphatic heterocycles. The highest BCUT2D eigenvalue weighted by molar-refractivity contribution is 9.10. The standard InChI is InChI=1S/C16H16Br2N2O3/c1-22-15-8-11(14(18)9-16(15)23-7-6-21)10-19-20-13-4-2-12(17)3-5-13/h2-5,8-10,20-21H,6-7H2,1H3/b19-10+. The minimum Gasteiger partial charge on any atom is -0.493 e. The molecule has 23 heavy (non-hydrogen) atoms. The molecule has 2 aromatic carbocycles. The zero-order valence-electron chi connectivity index (χ0n) is 12.4. The van der Waals surface area contributed by atoms with E-state index in [-0.39, 0.29) is 13.2 Å². The molecule has 0 fully saturated rings. The van der Waals surface area contributed by atoms with Crippen molar-refractivity contribution in [1.29, 1.82) is 0 Å². The Labute approximate surface area is 151 Å². The van der Waals surface area contributed by atoms with Crippen LogP contribution in [0.1, 0.15) is 5.56 Å². The Morgan fingerprint density at radius 1 is 1.17 bits per heavy atom. The molecule has 0 unspecified atom stereocenters. The largest absolute Gasteiger partial charge is 0.493 e. The molecule has 2 N–H and O–H groups in total. The zero-order chi connectivity index (χ0) is 16.7. The van der Waals surface area contributed by atoms with Gasteiger partial charge in [0.25, 0.3) is 0 Å². The van der Waals surface area contributed by atoms with Crippen molar-refractivity contribution in [3.05, 3.63) is 50.9 Å². The van der Waals surface area contributed by atoms with Crippen LogP contribution in [0.4, 0.5) is 5.69 Å². The van der Waals surface area contributed by atoms with E-state index in [1.54, 1.807) is 19.4 Å². The van der Waals surface area contributed by atoms with E-state index in [1.165, 1.54) is 0 Å². The summed E-state index contributed by atoms with van der Waals surface area (Å²) in [6.45, 7) is 0.155. The lowest BCUT2D eigenvalue weighted by molar-refractivity contribution is 0.196. The lowest BCUT2D eigenvalue weighted by Gasteiger charge is -2.11. The summed E-state index contributed by atoms with van der Waals surface area (Å²) in [5.74, 6) is 1.14. The van der Waals surface area contributed by atoms with Crippen molar-refractivity contribution in [3.8, 4) is 11.5 Å². The van der Waals surface area contributed by atoms with Gasteiger partial charge in [0.1, 0.15) is 6.61 Å². The number of anilines is 1. The molecule has 122 valence electrons. The minimum absolute atomic E-state index is 0.0545. The number of rotatable bonds is 7. The Balaban J connectivity index is 2.12. The van der Waals surface area contributed by atoms with Crippen molar-refractivity contribution in [2.24, 2.45) is 5.10 Å². The molecule has 0 radical (unpaired) electrons. The summed E-state index contributed by atoms with van der Waals surface area (Å²) in [4.78, 5) is 0. The van der Waals surface area contributed by atoms with Crippen LogP contribution in [0.15, 0.2) is 50.4 Å². The van der Waals surface area contributed by atoms with E-state index in [4.69, 9.17) is 14.6 Å². The Kier molecular flexibility index (Phi) is 6.88. The molecule has 0 spiro atoms. The van der Waals surface area contributed by atoms with E-state index in [2.05, 4.69) is 42.4 Å². The van der Waals surface area contributed by atoms with E-state index >= 15 is 0 Å². The van der Waals surface area contributed by atoms with Crippen LogP contribution in [0.3, 0.4) is 0 Å². The number of hydrogen-bond donors (Lipinski definition) is 2. The third kappa shape index (κ3) is 5.23. The maximum Gasteiger partial charge on any atom is 0.162 e. The molecule has 0 aromatic heterocycles. The number of hydrazone groups is 1. The fourth-order valence-corrected chi connectivity index (χ4v) is 2.47. The van der Waals surface area contributed by atoms with Gasteiger partial charge < -0.3 is 14.6 Å². The number of nitrogens with one attached hydrogen (secondary N) is 1. The predicted molar refractivity (Wildman–Crippen MR) is 98.6 cm³/mol. The highest BCUT2D eigenvalue weighted by atomic mass is 79.9. The molecule has 0 saturated carbocycles. The Hall–Kier alpha value is -1.57. The summed E-state index contributed by atoms with van der Waals surface area (Å²) >= 11 is 6.86. The van der Waals surface area contributed by atoms with E-state index < -0.39 is 0 Å². The van der Waals surface area contributed by atoms with Crippen LogP contribution in [-0.2, 0) is 0 Å². The maximum absolute atomic E-state index is 8.85. The molecule has 0 amide bonds. The fraction of sp³-hybridized carbons (Fsp3) is 0.188. The smallest absolute Gasteiger partial charge is 0.162 e. The molecule has 0 bridgehead atoms. The summed E-state index contributed by atoms with van der Waals surface area (Å²) in [7, 11) is 1.57. The number of aliphatic hydroxyl groups excluding tert-OH is 1. The van der Waals surface area contributed by atoms with Gasteiger partial charge in [-0.2, -0.15) is 5.10 Å². The first kappa shape index (κ1) is 17.8. The molecular weight excluding hydrogens is 428 g/mol.